The highest BCUT2D eigenvalue weighted by Gasteiger charge is 2.14. The van der Waals surface area contributed by atoms with Crippen LogP contribution in [0.25, 0.3) is 0 Å². The standard InChI is InChI=1S/C12H10Cl2N2O2/c1-7-15-5-11(12(17)18)16(7)6-8-2-3-9(13)4-10(8)14/h2-5H,6H2,1H3,(H,17,18). The number of carboxylic acids is 1. The molecule has 1 aromatic carbocycles. The van der Waals surface area contributed by atoms with Crippen LogP contribution in [0.2, 0.25) is 10.0 Å². The van der Waals surface area contributed by atoms with Gasteiger partial charge in [0.15, 0.2) is 0 Å². The minimum absolute atomic E-state index is 0.138. The topological polar surface area (TPSA) is 55.1 Å². The SMILES string of the molecule is Cc1ncc(C(=O)O)n1Cc1ccc(Cl)cc1Cl. The lowest BCUT2D eigenvalue weighted by Gasteiger charge is -2.09. The van der Waals surface area contributed by atoms with E-state index in [1.807, 2.05) is 0 Å². The molecule has 94 valence electrons. The first-order valence-electron chi connectivity index (χ1n) is 5.18. The van der Waals surface area contributed by atoms with E-state index in [1.54, 1.807) is 29.7 Å². The van der Waals surface area contributed by atoms with Crippen LogP contribution in [-0.4, -0.2) is 20.6 Å². The number of benzene rings is 1. The number of halogens is 2. The lowest BCUT2D eigenvalue weighted by Crippen LogP contribution is -2.11. The molecule has 1 heterocycles. The van der Waals surface area contributed by atoms with Crippen LogP contribution >= 0.6 is 23.2 Å². The van der Waals surface area contributed by atoms with Crippen LogP contribution in [0, 0.1) is 6.92 Å². The van der Waals surface area contributed by atoms with E-state index in [0.29, 0.717) is 22.4 Å². The summed E-state index contributed by atoms with van der Waals surface area (Å²) in [5.41, 5.74) is 0.934. The van der Waals surface area contributed by atoms with Gasteiger partial charge in [-0.15, -0.1) is 0 Å². The smallest absolute Gasteiger partial charge is 0.354 e. The van der Waals surface area contributed by atoms with E-state index < -0.39 is 5.97 Å². The molecule has 0 aliphatic carbocycles. The first-order chi connectivity index (χ1) is 8.49. The molecule has 0 bridgehead atoms. The highest BCUT2D eigenvalue weighted by molar-refractivity contribution is 6.35. The van der Waals surface area contributed by atoms with Crippen molar-refractivity contribution in [2.75, 3.05) is 0 Å². The Bertz CT molecular complexity index is 608. The van der Waals surface area contributed by atoms with Crippen molar-refractivity contribution in [1.29, 1.82) is 0 Å². The number of aromatic nitrogens is 2. The second-order valence-electron chi connectivity index (χ2n) is 3.82. The average molecular weight is 285 g/mol. The van der Waals surface area contributed by atoms with Gasteiger partial charge in [-0.1, -0.05) is 29.3 Å². The van der Waals surface area contributed by atoms with Crippen molar-refractivity contribution < 1.29 is 9.90 Å². The van der Waals surface area contributed by atoms with Crippen molar-refractivity contribution in [1.82, 2.24) is 9.55 Å². The predicted molar refractivity (Wildman–Crippen MR) is 69.5 cm³/mol. The van der Waals surface area contributed by atoms with Crippen LogP contribution < -0.4 is 0 Å². The molecule has 0 spiro atoms. The van der Waals surface area contributed by atoms with Gasteiger partial charge < -0.3 is 9.67 Å². The van der Waals surface area contributed by atoms with Gasteiger partial charge >= 0.3 is 5.97 Å². The third-order valence-electron chi connectivity index (χ3n) is 2.62. The van der Waals surface area contributed by atoms with Gasteiger partial charge in [0.1, 0.15) is 11.5 Å². The van der Waals surface area contributed by atoms with Gasteiger partial charge in [-0.05, 0) is 24.6 Å². The number of aryl methyl sites for hydroxylation is 1. The Balaban J connectivity index is 2.39. The highest BCUT2D eigenvalue weighted by Crippen LogP contribution is 2.22. The van der Waals surface area contributed by atoms with E-state index in [-0.39, 0.29) is 5.69 Å². The molecule has 0 fully saturated rings. The molecule has 1 aromatic heterocycles. The lowest BCUT2D eigenvalue weighted by molar-refractivity contribution is 0.0685. The molecule has 18 heavy (non-hydrogen) atoms. The zero-order chi connectivity index (χ0) is 13.3. The molecular formula is C12H10Cl2N2O2. The predicted octanol–water partition coefficient (Wildman–Crippen LogP) is 3.24. The second-order valence-corrected chi connectivity index (χ2v) is 4.66. The van der Waals surface area contributed by atoms with Crippen LogP contribution in [0.15, 0.2) is 24.4 Å². The minimum atomic E-state index is -1.01. The average Bonchev–Trinajstić information content (AvgIpc) is 2.64. The maximum atomic E-state index is 11.0. The molecule has 4 nitrogen and oxygen atoms in total. The van der Waals surface area contributed by atoms with Gasteiger partial charge in [0.25, 0.3) is 0 Å². The summed E-state index contributed by atoms with van der Waals surface area (Å²) in [5.74, 6) is -0.390. The molecule has 0 atom stereocenters. The third kappa shape index (κ3) is 2.49. The maximum Gasteiger partial charge on any atom is 0.354 e. The van der Waals surface area contributed by atoms with Gasteiger partial charge in [-0.25, -0.2) is 9.78 Å². The summed E-state index contributed by atoms with van der Waals surface area (Å²) in [6.07, 6.45) is 1.33. The zero-order valence-corrected chi connectivity index (χ0v) is 11.0. The van der Waals surface area contributed by atoms with E-state index in [0.717, 1.165) is 5.56 Å². The van der Waals surface area contributed by atoms with E-state index >= 15 is 0 Å². The number of carbonyl (C=O) groups is 1. The molecule has 1 N–H and O–H groups in total. The Hall–Kier alpha value is -1.52. The normalized spacial score (nSPS) is 10.6. The number of imidazole rings is 1. The zero-order valence-electron chi connectivity index (χ0n) is 9.52. The Kier molecular flexibility index (Phi) is 3.59. The van der Waals surface area contributed by atoms with E-state index in [2.05, 4.69) is 4.98 Å². The summed E-state index contributed by atoms with van der Waals surface area (Å²) in [6.45, 7) is 2.10. The van der Waals surface area contributed by atoms with Gasteiger partial charge in [-0.3, -0.25) is 0 Å². The Labute approximate surface area is 114 Å². The summed E-state index contributed by atoms with van der Waals surface area (Å²) in [7, 11) is 0. The van der Waals surface area contributed by atoms with E-state index in [9.17, 15) is 4.79 Å². The molecule has 0 radical (unpaired) electrons. The van der Waals surface area contributed by atoms with Crippen LogP contribution in [0.5, 0.6) is 0 Å². The number of nitrogens with zero attached hydrogens (tertiary/aromatic N) is 2. The molecule has 2 rings (SSSR count). The van der Waals surface area contributed by atoms with Crippen LogP contribution in [0.3, 0.4) is 0 Å². The van der Waals surface area contributed by atoms with Crippen molar-refractivity contribution in [3.8, 4) is 0 Å². The summed E-state index contributed by atoms with van der Waals surface area (Å²) in [4.78, 5) is 15.0. The number of hydrogen-bond donors (Lipinski definition) is 1. The van der Waals surface area contributed by atoms with Crippen molar-refractivity contribution in [2.24, 2.45) is 0 Å². The molecule has 0 saturated carbocycles. The van der Waals surface area contributed by atoms with Crippen molar-refractivity contribution >= 4 is 29.2 Å². The fourth-order valence-corrected chi connectivity index (χ4v) is 2.13. The molecule has 0 unspecified atom stereocenters. The van der Waals surface area contributed by atoms with E-state index in [1.165, 1.54) is 6.20 Å². The first kappa shape index (κ1) is 12.9. The van der Waals surface area contributed by atoms with Gasteiger partial charge in [-0.2, -0.15) is 0 Å². The fraction of sp³-hybridized carbons (Fsp3) is 0.167. The molecule has 0 amide bonds. The van der Waals surface area contributed by atoms with Crippen molar-refractivity contribution in [3.05, 3.63) is 51.5 Å². The number of aromatic carboxylic acids is 1. The molecule has 6 heteroatoms. The number of carboxylic acid groups (broad SMARTS) is 1. The minimum Gasteiger partial charge on any atom is -0.477 e. The Morgan fingerprint density at radius 1 is 1.44 bits per heavy atom. The fourth-order valence-electron chi connectivity index (χ4n) is 1.66. The summed E-state index contributed by atoms with van der Waals surface area (Å²) in [5, 5.41) is 10.1. The van der Waals surface area contributed by atoms with Gasteiger partial charge in [0.05, 0.1) is 12.7 Å². The monoisotopic (exact) mass is 284 g/mol. The van der Waals surface area contributed by atoms with Crippen molar-refractivity contribution in [3.63, 3.8) is 0 Å². The highest BCUT2D eigenvalue weighted by atomic mass is 35.5. The largest absolute Gasteiger partial charge is 0.477 e. The third-order valence-corrected chi connectivity index (χ3v) is 3.20. The van der Waals surface area contributed by atoms with Crippen LogP contribution in [0.4, 0.5) is 0 Å². The molecule has 0 aliphatic heterocycles. The summed E-state index contributed by atoms with van der Waals surface area (Å²) in [6, 6.07) is 5.12. The number of hydrogen-bond acceptors (Lipinski definition) is 2. The van der Waals surface area contributed by atoms with Crippen LogP contribution in [0.1, 0.15) is 21.9 Å². The Morgan fingerprint density at radius 2 is 2.17 bits per heavy atom. The first-order valence-corrected chi connectivity index (χ1v) is 5.94. The second kappa shape index (κ2) is 5.00. The molecule has 2 aromatic rings. The summed E-state index contributed by atoms with van der Waals surface area (Å²) >= 11 is 11.9. The van der Waals surface area contributed by atoms with Gasteiger partial charge in [0, 0.05) is 10.0 Å². The summed E-state index contributed by atoms with van der Waals surface area (Å²) < 4.78 is 1.59. The molecular weight excluding hydrogens is 275 g/mol. The van der Waals surface area contributed by atoms with Crippen molar-refractivity contribution in [2.45, 2.75) is 13.5 Å². The Morgan fingerprint density at radius 3 is 2.78 bits per heavy atom. The maximum absolute atomic E-state index is 11.0. The molecule has 0 saturated heterocycles. The number of rotatable bonds is 3. The lowest BCUT2D eigenvalue weighted by atomic mass is 10.2. The molecule has 0 aliphatic rings. The van der Waals surface area contributed by atoms with E-state index in [4.69, 9.17) is 28.3 Å². The van der Waals surface area contributed by atoms with Crippen LogP contribution in [-0.2, 0) is 6.54 Å². The van der Waals surface area contributed by atoms with Gasteiger partial charge in [0.2, 0.25) is 0 Å². The quantitative estimate of drug-likeness (QED) is 0.941.